The molecule has 3 atom stereocenters. The van der Waals surface area contributed by atoms with Crippen LogP contribution in [-0.4, -0.2) is 12.7 Å². The first kappa shape index (κ1) is 11.0. The van der Waals surface area contributed by atoms with Gasteiger partial charge < -0.3 is 4.74 Å². The highest BCUT2D eigenvalue weighted by Gasteiger charge is 2.41. The molecule has 0 N–H and O–H groups in total. The normalized spacial score (nSPS) is 40.5. The van der Waals surface area contributed by atoms with Crippen LogP contribution in [0.25, 0.3) is 0 Å². The fourth-order valence-corrected chi connectivity index (χ4v) is 3.16. The van der Waals surface area contributed by atoms with Gasteiger partial charge in [-0.05, 0) is 44.4 Å². The van der Waals surface area contributed by atoms with Gasteiger partial charge in [0.2, 0.25) is 0 Å². The van der Waals surface area contributed by atoms with Gasteiger partial charge in [0, 0.05) is 6.61 Å². The second-order valence-electron chi connectivity index (χ2n) is 5.25. The Morgan fingerprint density at radius 3 is 2.87 bits per heavy atom. The molecule has 1 heterocycles. The summed E-state index contributed by atoms with van der Waals surface area (Å²) in [5, 5.41) is 9.38. The Balaban J connectivity index is 1.94. The van der Waals surface area contributed by atoms with Crippen molar-refractivity contribution in [1.82, 2.24) is 0 Å². The summed E-state index contributed by atoms with van der Waals surface area (Å²) >= 11 is 0. The Bertz CT molecular complexity index is 252. The molecule has 0 aromatic rings. The van der Waals surface area contributed by atoms with Crippen LogP contribution in [0, 0.1) is 22.7 Å². The number of hydrogen-bond acceptors (Lipinski definition) is 2. The Morgan fingerprint density at radius 1 is 1.47 bits per heavy atom. The number of nitrogens with zero attached hydrogens (tertiary/aromatic N) is 1. The lowest BCUT2D eigenvalue weighted by molar-refractivity contribution is 0.0766. The van der Waals surface area contributed by atoms with E-state index in [1.165, 1.54) is 25.7 Å². The van der Waals surface area contributed by atoms with E-state index in [9.17, 15) is 5.26 Å². The summed E-state index contributed by atoms with van der Waals surface area (Å²) in [6.07, 6.45) is 8.40. The molecule has 2 aliphatic rings. The van der Waals surface area contributed by atoms with E-state index in [0.717, 1.165) is 31.8 Å². The topological polar surface area (TPSA) is 33.0 Å². The van der Waals surface area contributed by atoms with Gasteiger partial charge in [-0.15, -0.1) is 0 Å². The summed E-state index contributed by atoms with van der Waals surface area (Å²) in [4.78, 5) is 0. The summed E-state index contributed by atoms with van der Waals surface area (Å²) in [6, 6.07) is 2.59. The number of hydrogen-bond donors (Lipinski definition) is 0. The third-order valence-electron chi connectivity index (χ3n) is 4.17. The molecule has 2 fully saturated rings. The first-order chi connectivity index (χ1) is 7.28. The van der Waals surface area contributed by atoms with Gasteiger partial charge in [-0.3, -0.25) is 0 Å². The van der Waals surface area contributed by atoms with Crippen LogP contribution >= 0.6 is 0 Å². The molecule has 0 radical (unpaired) electrons. The van der Waals surface area contributed by atoms with Crippen LogP contribution in [0.4, 0.5) is 0 Å². The quantitative estimate of drug-likeness (QED) is 0.711. The fourth-order valence-electron chi connectivity index (χ4n) is 3.16. The molecule has 2 rings (SSSR count). The monoisotopic (exact) mass is 207 g/mol. The van der Waals surface area contributed by atoms with E-state index in [1.807, 2.05) is 0 Å². The maximum Gasteiger partial charge on any atom is 0.0690 e. The molecular weight excluding hydrogens is 186 g/mol. The van der Waals surface area contributed by atoms with Crippen LogP contribution in [0.2, 0.25) is 0 Å². The van der Waals surface area contributed by atoms with Gasteiger partial charge in [-0.2, -0.15) is 5.26 Å². The molecule has 1 saturated heterocycles. The average molecular weight is 207 g/mol. The predicted octanol–water partition coefficient (Wildman–Crippen LogP) is 3.28. The highest BCUT2D eigenvalue weighted by Crippen LogP contribution is 2.46. The van der Waals surface area contributed by atoms with Crippen LogP contribution in [0.15, 0.2) is 0 Å². The summed E-state index contributed by atoms with van der Waals surface area (Å²) < 4.78 is 5.66. The van der Waals surface area contributed by atoms with E-state index in [1.54, 1.807) is 0 Å². The standard InChI is InChI=1S/C13H21NO/c1-2-11-5-6-13(8-11,10-14)9-12-4-3-7-15-12/h11-12H,2-9H2,1H3. The van der Waals surface area contributed by atoms with Crippen LogP contribution in [-0.2, 0) is 4.74 Å². The molecule has 84 valence electrons. The Morgan fingerprint density at radius 2 is 2.33 bits per heavy atom. The highest BCUT2D eigenvalue weighted by atomic mass is 16.5. The van der Waals surface area contributed by atoms with E-state index in [2.05, 4.69) is 13.0 Å². The van der Waals surface area contributed by atoms with Crippen LogP contribution < -0.4 is 0 Å². The number of ether oxygens (including phenoxy) is 1. The Hall–Kier alpha value is -0.550. The van der Waals surface area contributed by atoms with Gasteiger partial charge in [0.25, 0.3) is 0 Å². The summed E-state index contributed by atoms with van der Waals surface area (Å²) in [5.74, 6) is 0.783. The molecule has 3 unspecified atom stereocenters. The van der Waals surface area contributed by atoms with Gasteiger partial charge in [-0.25, -0.2) is 0 Å². The molecule has 2 nitrogen and oxygen atoms in total. The van der Waals surface area contributed by atoms with E-state index < -0.39 is 0 Å². The largest absolute Gasteiger partial charge is 0.378 e. The van der Waals surface area contributed by atoms with Crippen LogP contribution in [0.3, 0.4) is 0 Å². The van der Waals surface area contributed by atoms with Crippen LogP contribution in [0.5, 0.6) is 0 Å². The average Bonchev–Trinajstić information content (AvgIpc) is 2.88. The fraction of sp³-hybridized carbons (Fsp3) is 0.923. The van der Waals surface area contributed by atoms with Crippen molar-refractivity contribution in [2.75, 3.05) is 6.61 Å². The summed E-state index contributed by atoms with van der Waals surface area (Å²) in [5.41, 5.74) is -0.0459. The zero-order chi connectivity index (χ0) is 10.7. The molecule has 15 heavy (non-hydrogen) atoms. The molecule has 1 aliphatic heterocycles. The molecule has 0 aromatic heterocycles. The number of nitriles is 1. The van der Waals surface area contributed by atoms with E-state index in [-0.39, 0.29) is 5.41 Å². The minimum absolute atomic E-state index is 0.0459. The minimum Gasteiger partial charge on any atom is -0.378 e. The maximum atomic E-state index is 9.38. The number of rotatable bonds is 3. The van der Waals surface area contributed by atoms with Crippen molar-refractivity contribution in [2.24, 2.45) is 11.3 Å². The van der Waals surface area contributed by atoms with E-state index in [4.69, 9.17) is 4.74 Å². The molecule has 2 heteroatoms. The second-order valence-corrected chi connectivity index (χ2v) is 5.25. The van der Waals surface area contributed by atoms with E-state index in [0.29, 0.717) is 6.10 Å². The highest BCUT2D eigenvalue weighted by molar-refractivity contribution is 5.05. The van der Waals surface area contributed by atoms with Gasteiger partial charge >= 0.3 is 0 Å². The molecule has 0 aromatic carbocycles. The lowest BCUT2D eigenvalue weighted by Gasteiger charge is -2.24. The van der Waals surface area contributed by atoms with Gasteiger partial charge in [-0.1, -0.05) is 13.3 Å². The molecule has 1 saturated carbocycles. The molecule has 1 aliphatic carbocycles. The lowest BCUT2D eigenvalue weighted by atomic mass is 9.80. The van der Waals surface area contributed by atoms with Gasteiger partial charge in [0.05, 0.1) is 17.6 Å². The zero-order valence-corrected chi connectivity index (χ0v) is 9.67. The lowest BCUT2D eigenvalue weighted by Crippen LogP contribution is -2.22. The summed E-state index contributed by atoms with van der Waals surface area (Å²) in [7, 11) is 0. The van der Waals surface area contributed by atoms with Crippen molar-refractivity contribution in [3.05, 3.63) is 0 Å². The predicted molar refractivity (Wildman–Crippen MR) is 59.3 cm³/mol. The van der Waals surface area contributed by atoms with Crippen molar-refractivity contribution < 1.29 is 4.74 Å². The van der Waals surface area contributed by atoms with Gasteiger partial charge in [0.1, 0.15) is 0 Å². The van der Waals surface area contributed by atoms with Crippen molar-refractivity contribution in [2.45, 2.75) is 58.0 Å². The van der Waals surface area contributed by atoms with E-state index >= 15 is 0 Å². The smallest absolute Gasteiger partial charge is 0.0690 e. The third kappa shape index (κ3) is 2.34. The maximum absolute atomic E-state index is 9.38. The Labute approximate surface area is 92.6 Å². The summed E-state index contributed by atoms with van der Waals surface area (Å²) in [6.45, 7) is 3.15. The zero-order valence-electron chi connectivity index (χ0n) is 9.67. The minimum atomic E-state index is -0.0459. The van der Waals surface area contributed by atoms with Crippen molar-refractivity contribution in [3.8, 4) is 6.07 Å². The van der Waals surface area contributed by atoms with Crippen molar-refractivity contribution >= 4 is 0 Å². The first-order valence-electron chi connectivity index (χ1n) is 6.31. The van der Waals surface area contributed by atoms with Crippen LogP contribution in [0.1, 0.15) is 51.9 Å². The molecule has 0 bridgehead atoms. The SMILES string of the molecule is CCC1CCC(C#N)(CC2CCCO2)C1. The second kappa shape index (κ2) is 4.53. The molecular formula is C13H21NO. The van der Waals surface area contributed by atoms with Gasteiger partial charge in [0.15, 0.2) is 0 Å². The molecule has 0 spiro atoms. The molecule has 0 amide bonds. The third-order valence-corrected chi connectivity index (χ3v) is 4.17. The van der Waals surface area contributed by atoms with Crippen molar-refractivity contribution in [1.29, 1.82) is 5.26 Å². The van der Waals surface area contributed by atoms with Crippen molar-refractivity contribution in [3.63, 3.8) is 0 Å². The Kier molecular flexibility index (Phi) is 3.31. The first-order valence-corrected chi connectivity index (χ1v) is 6.31.